The fourth-order valence-electron chi connectivity index (χ4n) is 0.752. The van der Waals surface area contributed by atoms with Gasteiger partial charge in [0.1, 0.15) is 5.94 Å². The highest BCUT2D eigenvalue weighted by Crippen LogP contribution is 2.02. The van der Waals surface area contributed by atoms with Crippen LogP contribution in [0.3, 0.4) is 0 Å². The van der Waals surface area contributed by atoms with Gasteiger partial charge in [0.2, 0.25) is 0 Å². The Balaban J connectivity index is 4.00. The van der Waals surface area contributed by atoms with Crippen molar-refractivity contribution < 1.29 is 9.59 Å². The van der Waals surface area contributed by atoms with Gasteiger partial charge in [-0.3, -0.25) is 4.79 Å². The molecule has 12 heavy (non-hydrogen) atoms. The standard InChI is InChI=1S/C10H14O2/c1-3-5-6-10(12)7-9(4-2)8-11/h5-6H,3-4,7H2,1-2H3. The lowest BCUT2D eigenvalue weighted by Gasteiger charge is -1.93. The maximum Gasteiger partial charge on any atom is 0.160 e. The summed E-state index contributed by atoms with van der Waals surface area (Å²) in [5, 5.41) is 0. The van der Waals surface area contributed by atoms with Gasteiger partial charge in [0.05, 0.1) is 0 Å². The molecule has 2 heteroatoms. The lowest BCUT2D eigenvalue weighted by molar-refractivity contribution is -0.114. The van der Waals surface area contributed by atoms with Gasteiger partial charge in [0, 0.05) is 12.0 Å². The zero-order valence-electron chi connectivity index (χ0n) is 7.59. The number of hydrogen-bond acceptors (Lipinski definition) is 2. The maximum atomic E-state index is 11.0. The Morgan fingerprint density at radius 2 is 2.08 bits per heavy atom. The van der Waals surface area contributed by atoms with Crippen LogP contribution >= 0.6 is 0 Å². The first kappa shape index (κ1) is 10.9. The predicted octanol–water partition coefficient (Wildman–Crippen LogP) is 2.08. The fraction of sp³-hybridized carbons (Fsp3) is 0.500. The van der Waals surface area contributed by atoms with Crippen molar-refractivity contribution in [3.8, 4) is 0 Å². The van der Waals surface area contributed by atoms with E-state index in [1.807, 2.05) is 13.8 Å². The summed E-state index contributed by atoms with van der Waals surface area (Å²) in [6, 6.07) is 0. The van der Waals surface area contributed by atoms with Gasteiger partial charge in [-0.15, -0.1) is 0 Å². The molecule has 0 saturated heterocycles. The molecule has 66 valence electrons. The zero-order valence-corrected chi connectivity index (χ0v) is 7.59. The SMILES string of the molecule is CCC=CC(=O)CC(=C=O)CC. The molecular weight excluding hydrogens is 152 g/mol. The number of carbonyl (C=O) groups is 1. The van der Waals surface area contributed by atoms with Crippen LogP contribution in [0.25, 0.3) is 0 Å². The van der Waals surface area contributed by atoms with Gasteiger partial charge in [0.25, 0.3) is 0 Å². The summed E-state index contributed by atoms with van der Waals surface area (Å²) in [6.45, 7) is 3.80. The molecule has 0 amide bonds. The average molecular weight is 166 g/mol. The largest absolute Gasteiger partial charge is 0.294 e. The summed E-state index contributed by atoms with van der Waals surface area (Å²) >= 11 is 0. The van der Waals surface area contributed by atoms with Gasteiger partial charge in [-0.25, -0.2) is 4.79 Å². The number of carbonyl (C=O) groups excluding carboxylic acids is 2. The Morgan fingerprint density at radius 1 is 1.42 bits per heavy atom. The van der Waals surface area contributed by atoms with Crippen molar-refractivity contribution in [2.45, 2.75) is 33.1 Å². The fourth-order valence-corrected chi connectivity index (χ4v) is 0.752. The van der Waals surface area contributed by atoms with Crippen molar-refractivity contribution in [1.82, 2.24) is 0 Å². The van der Waals surface area contributed by atoms with Crippen molar-refractivity contribution in [1.29, 1.82) is 0 Å². The molecule has 0 aromatic rings. The molecule has 0 aliphatic heterocycles. The van der Waals surface area contributed by atoms with E-state index in [9.17, 15) is 9.59 Å². The molecule has 2 nitrogen and oxygen atoms in total. The predicted molar refractivity (Wildman–Crippen MR) is 48.6 cm³/mol. The summed E-state index contributed by atoms with van der Waals surface area (Å²) in [6.07, 6.45) is 4.98. The molecule has 0 heterocycles. The van der Waals surface area contributed by atoms with Gasteiger partial charge in [-0.05, 0) is 18.9 Å². The highest BCUT2D eigenvalue weighted by atomic mass is 16.1. The van der Waals surface area contributed by atoms with Crippen molar-refractivity contribution >= 4 is 11.7 Å². The minimum atomic E-state index is -0.0166. The first-order valence-corrected chi connectivity index (χ1v) is 4.16. The Kier molecular flexibility index (Phi) is 5.94. The second-order valence-corrected chi connectivity index (χ2v) is 2.51. The van der Waals surface area contributed by atoms with Crippen LogP contribution in [0.2, 0.25) is 0 Å². The third-order valence-electron chi connectivity index (χ3n) is 1.50. The molecule has 0 radical (unpaired) electrons. The molecule has 0 bridgehead atoms. The number of hydrogen-bond donors (Lipinski definition) is 0. The minimum Gasteiger partial charge on any atom is -0.294 e. The lowest BCUT2D eigenvalue weighted by atomic mass is 10.1. The van der Waals surface area contributed by atoms with E-state index < -0.39 is 0 Å². The van der Waals surface area contributed by atoms with Crippen molar-refractivity contribution in [3.05, 3.63) is 17.7 Å². The third-order valence-corrected chi connectivity index (χ3v) is 1.50. The van der Waals surface area contributed by atoms with Crippen molar-refractivity contribution in [2.75, 3.05) is 0 Å². The summed E-state index contributed by atoms with van der Waals surface area (Å²) in [4.78, 5) is 21.3. The molecule has 0 atom stereocenters. The maximum absolute atomic E-state index is 11.0. The molecule has 0 aliphatic carbocycles. The van der Waals surface area contributed by atoms with E-state index in [1.54, 1.807) is 12.0 Å². The number of allylic oxidation sites excluding steroid dienone is 3. The van der Waals surface area contributed by atoms with E-state index >= 15 is 0 Å². The highest BCUT2D eigenvalue weighted by molar-refractivity contribution is 5.92. The summed E-state index contributed by atoms with van der Waals surface area (Å²) in [5.41, 5.74) is 0.542. The van der Waals surface area contributed by atoms with Crippen LogP contribution in [0, 0.1) is 0 Å². The second-order valence-electron chi connectivity index (χ2n) is 2.51. The highest BCUT2D eigenvalue weighted by Gasteiger charge is 2.00. The Bertz CT molecular complexity index is 220. The monoisotopic (exact) mass is 166 g/mol. The molecule has 0 aromatic heterocycles. The summed E-state index contributed by atoms with van der Waals surface area (Å²) in [7, 11) is 0. The minimum absolute atomic E-state index is 0.0166. The van der Waals surface area contributed by atoms with E-state index in [4.69, 9.17) is 0 Å². The first-order chi connectivity index (χ1) is 5.74. The van der Waals surface area contributed by atoms with Gasteiger partial charge in [-0.1, -0.05) is 19.9 Å². The molecule has 0 aromatic carbocycles. The molecule has 0 aliphatic rings. The third kappa shape index (κ3) is 4.64. The summed E-state index contributed by atoms with van der Waals surface area (Å²) in [5.74, 6) is 1.75. The van der Waals surface area contributed by atoms with E-state index in [1.165, 1.54) is 6.08 Å². The quantitative estimate of drug-likeness (QED) is 0.463. The van der Waals surface area contributed by atoms with E-state index in [0.717, 1.165) is 6.42 Å². The Labute approximate surface area is 73.0 Å². The van der Waals surface area contributed by atoms with Crippen LogP contribution in [0.4, 0.5) is 0 Å². The summed E-state index contributed by atoms with van der Waals surface area (Å²) < 4.78 is 0. The average Bonchev–Trinajstić information content (AvgIpc) is 2.10. The zero-order chi connectivity index (χ0) is 9.40. The van der Waals surface area contributed by atoms with Crippen molar-refractivity contribution in [2.24, 2.45) is 0 Å². The van der Waals surface area contributed by atoms with Gasteiger partial charge in [0.15, 0.2) is 5.78 Å². The second kappa shape index (κ2) is 6.56. The van der Waals surface area contributed by atoms with Crippen LogP contribution in [0.5, 0.6) is 0 Å². The van der Waals surface area contributed by atoms with Gasteiger partial charge >= 0.3 is 0 Å². The van der Waals surface area contributed by atoms with Crippen LogP contribution in [-0.4, -0.2) is 11.7 Å². The molecule has 0 N–H and O–H groups in total. The molecule has 0 rings (SSSR count). The molecule has 0 saturated carbocycles. The molecule has 0 unspecified atom stereocenters. The topological polar surface area (TPSA) is 34.1 Å². The van der Waals surface area contributed by atoms with E-state index in [2.05, 4.69) is 0 Å². The van der Waals surface area contributed by atoms with Crippen LogP contribution in [0.1, 0.15) is 33.1 Å². The molecule has 0 fully saturated rings. The van der Waals surface area contributed by atoms with Gasteiger partial charge in [-0.2, -0.15) is 0 Å². The molecular formula is C10H14O2. The Hall–Kier alpha value is -1.14. The van der Waals surface area contributed by atoms with Crippen LogP contribution < -0.4 is 0 Å². The normalized spacial score (nSPS) is 9.83. The van der Waals surface area contributed by atoms with E-state index in [-0.39, 0.29) is 12.2 Å². The first-order valence-electron chi connectivity index (χ1n) is 4.16. The smallest absolute Gasteiger partial charge is 0.160 e. The van der Waals surface area contributed by atoms with Gasteiger partial charge < -0.3 is 0 Å². The number of rotatable bonds is 5. The van der Waals surface area contributed by atoms with Crippen LogP contribution in [-0.2, 0) is 9.59 Å². The lowest BCUT2D eigenvalue weighted by Crippen LogP contribution is -1.95. The Morgan fingerprint density at radius 3 is 2.50 bits per heavy atom. The van der Waals surface area contributed by atoms with Crippen LogP contribution in [0.15, 0.2) is 17.7 Å². The van der Waals surface area contributed by atoms with Crippen molar-refractivity contribution in [3.63, 3.8) is 0 Å². The molecule has 0 spiro atoms. The van der Waals surface area contributed by atoms with E-state index in [0.29, 0.717) is 12.0 Å². The number of ketones is 1.